The van der Waals surface area contributed by atoms with Gasteiger partial charge in [0.1, 0.15) is 6.04 Å². The van der Waals surface area contributed by atoms with Crippen molar-refractivity contribution in [1.82, 2.24) is 10.2 Å². The summed E-state index contributed by atoms with van der Waals surface area (Å²) in [6, 6.07) is 30.6. The number of likely N-dealkylation sites (tertiary alicyclic amines) is 1. The van der Waals surface area contributed by atoms with E-state index in [1.807, 2.05) is 77.7 Å². The maximum absolute atomic E-state index is 13.5. The van der Waals surface area contributed by atoms with Gasteiger partial charge in [-0.1, -0.05) is 96.5 Å². The van der Waals surface area contributed by atoms with Gasteiger partial charge in [-0.15, -0.1) is 0 Å². The second kappa shape index (κ2) is 12.1. The van der Waals surface area contributed by atoms with E-state index in [1.165, 1.54) is 0 Å². The van der Waals surface area contributed by atoms with Crippen LogP contribution in [-0.4, -0.2) is 35.1 Å². The Hall–Kier alpha value is -4.22. The van der Waals surface area contributed by atoms with Gasteiger partial charge in [-0.05, 0) is 54.2 Å². The number of nitrogens with zero attached hydrogens (tertiary/aromatic N) is 1. The Morgan fingerprint density at radius 3 is 2.21 bits per heavy atom. The van der Waals surface area contributed by atoms with Crippen molar-refractivity contribution in [3.63, 3.8) is 0 Å². The minimum Gasteiger partial charge on any atom is -0.340 e. The Bertz CT molecular complexity index is 1470. The number of halogens is 1. The number of amides is 2. The molecule has 39 heavy (non-hydrogen) atoms. The lowest BCUT2D eigenvalue weighted by Crippen LogP contribution is -2.47. The number of nitrogens with one attached hydrogen (secondary N) is 1. The lowest BCUT2D eigenvalue weighted by atomic mass is 9.96. The van der Waals surface area contributed by atoms with E-state index >= 15 is 0 Å². The van der Waals surface area contributed by atoms with Crippen LogP contribution >= 0.6 is 11.6 Å². The number of hydrogen-bond donors (Lipinski definition) is 1. The zero-order valence-electron chi connectivity index (χ0n) is 21.5. The summed E-state index contributed by atoms with van der Waals surface area (Å²) in [7, 11) is 0. The monoisotopic (exact) mass is 536 g/mol. The minimum atomic E-state index is -0.591. The normalized spacial score (nSPS) is 15.5. The molecule has 4 aromatic rings. The third-order valence-corrected chi connectivity index (χ3v) is 7.29. The molecule has 4 aromatic carbocycles. The number of rotatable bonds is 7. The number of ketones is 1. The fourth-order valence-corrected chi connectivity index (χ4v) is 5.06. The molecule has 0 aromatic heterocycles. The number of benzene rings is 4. The van der Waals surface area contributed by atoms with Crippen LogP contribution in [0.3, 0.4) is 0 Å². The Balaban J connectivity index is 1.32. The molecular formula is C33H29ClN2O3. The first-order valence-corrected chi connectivity index (χ1v) is 13.5. The second-order valence-corrected chi connectivity index (χ2v) is 10.2. The molecule has 0 saturated carbocycles. The second-order valence-electron chi connectivity index (χ2n) is 9.73. The van der Waals surface area contributed by atoms with E-state index < -0.39 is 6.04 Å². The SMILES string of the molecule is O=C(c1ccccc1)c1ccc(-c2ccccc2C(=O)NC2CCCCN(Cc3ccc(Cl)cc3)C2=O)cc1. The van der Waals surface area contributed by atoms with Gasteiger partial charge in [-0.2, -0.15) is 0 Å². The summed E-state index contributed by atoms with van der Waals surface area (Å²) in [5.41, 5.74) is 4.26. The van der Waals surface area contributed by atoms with Crippen LogP contribution in [0.2, 0.25) is 5.02 Å². The predicted molar refractivity (Wildman–Crippen MR) is 154 cm³/mol. The zero-order valence-corrected chi connectivity index (χ0v) is 22.2. The van der Waals surface area contributed by atoms with Crippen molar-refractivity contribution in [2.45, 2.75) is 31.8 Å². The van der Waals surface area contributed by atoms with Gasteiger partial charge in [0, 0.05) is 34.8 Å². The first-order chi connectivity index (χ1) is 19.0. The zero-order chi connectivity index (χ0) is 27.2. The highest BCUT2D eigenvalue weighted by atomic mass is 35.5. The topological polar surface area (TPSA) is 66.5 Å². The van der Waals surface area contributed by atoms with Crippen molar-refractivity contribution in [2.75, 3.05) is 6.54 Å². The van der Waals surface area contributed by atoms with Crippen LogP contribution in [0.1, 0.15) is 51.1 Å². The number of carbonyl (C=O) groups excluding carboxylic acids is 3. The molecule has 0 radical (unpaired) electrons. The summed E-state index contributed by atoms with van der Waals surface area (Å²) in [4.78, 5) is 41.5. The molecule has 2 amide bonds. The Kier molecular flexibility index (Phi) is 8.18. The van der Waals surface area contributed by atoms with Crippen molar-refractivity contribution < 1.29 is 14.4 Å². The molecule has 5 nitrogen and oxygen atoms in total. The van der Waals surface area contributed by atoms with Crippen molar-refractivity contribution >= 4 is 29.2 Å². The molecule has 196 valence electrons. The number of carbonyl (C=O) groups is 3. The van der Waals surface area contributed by atoms with Crippen LogP contribution < -0.4 is 5.32 Å². The van der Waals surface area contributed by atoms with Crippen molar-refractivity contribution in [3.05, 3.63) is 130 Å². The molecule has 0 spiro atoms. The van der Waals surface area contributed by atoms with E-state index in [0.717, 1.165) is 29.5 Å². The number of hydrogen-bond acceptors (Lipinski definition) is 3. The first-order valence-electron chi connectivity index (χ1n) is 13.1. The highest BCUT2D eigenvalue weighted by molar-refractivity contribution is 6.30. The molecule has 1 aliphatic heterocycles. The van der Waals surface area contributed by atoms with Crippen LogP contribution in [0.5, 0.6) is 0 Å². The van der Waals surface area contributed by atoms with Gasteiger partial charge >= 0.3 is 0 Å². The van der Waals surface area contributed by atoms with E-state index in [4.69, 9.17) is 11.6 Å². The summed E-state index contributed by atoms with van der Waals surface area (Å²) in [6.45, 7) is 1.13. The maximum Gasteiger partial charge on any atom is 0.252 e. The van der Waals surface area contributed by atoms with Gasteiger partial charge in [0.25, 0.3) is 5.91 Å². The third kappa shape index (κ3) is 6.27. The lowest BCUT2D eigenvalue weighted by molar-refractivity contribution is -0.133. The molecule has 1 N–H and O–H groups in total. The highest BCUT2D eigenvalue weighted by Gasteiger charge is 2.29. The summed E-state index contributed by atoms with van der Waals surface area (Å²) in [5.74, 6) is -0.415. The quantitative estimate of drug-likeness (QED) is 0.272. The van der Waals surface area contributed by atoms with Crippen LogP contribution in [0.4, 0.5) is 0 Å². The highest BCUT2D eigenvalue weighted by Crippen LogP contribution is 2.26. The molecule has 0 aliphatic carbocycles. The molecule has 6 heteroatoms. The predicted octanol–water partition coefficient (Wildman–Crippen LogP) is 6.55. The average molecular weight is 537 g/mol. The molecule has 1 atom stereocenters. The van der Waals surface area contributed by atoms with Gasteiger partial charge < -0.3 is 10.2 Å². The summed E-state index contributed by atoms with van der Waals surface area (Å²) in [5, 5.41) is 3.66. The van der Waals surface area contributed by atoms with E-state index in [9.17, 15) is 14.4 Å². The maximum atomic E-state index is 13.5. The van der Waals surface area contributed by atoms with Crippen molar-refractivity contribution in [1.29, 1.82) is 0 Å². The molecular weight excluding hydrogens is 508 g/mol. The van der Waals surface area contributed by atoms with Crippen molar-refractivity contribution in [3.8, 4) is 11.1 Å². The van der Waals surface area contributed by atoms with Gasteiger partial charge in [-0.3, -0.25) is 14.4 Å². The third-order valence-electron chi connectivity index (χ3n) is 7.04. The van der Waals surface area contributed by atoms with Gasteiger partial charge in [0.15, 0.2) is 5.78 Å². The standard InChI is InChI=1S/C33H29ClN2O3/c34-27-19-13-23(14-20-27)22-36-21-7-6-12-30(33(36)39)35-32(38)29-11-5-4-10-28(29)24-15-17-26(18-16-24)31(37)25-8-2-1-3-9-25/h1-5,8-11,13-20,30H,6-7,12,21-22H2,(H,35,38). The van der Waals surface area contributed by atoms with Crippen LogP contribution in [0.15, 0.2) is 103 Å². The van der Waals surface area contributed by atoms with E-state index in [2.05, 4.69) is 5.32 Å². The van der Waals surface area contributed by atoms with Gasteiger partial charge in [0.05, 0.1) is 0 Å². The Morgan fingerprint density at radius 2 is 1.46 bits per heavy atom. The molecule has 1 heterocycles. The van der Waals surface area contributed by atoms with Gasteiger partial charge in [0.2, 0.25) is 5.91 Å². The first kappa shape index (κ1) is 26.4. The van der Waals surface area contributed by atoms with E-state index in [0.29, 0.717) is 41.2 Å². The summed E-state index contributed by atoms with van der Waals surface area (Å²) >= 11 is 6.01. The Morgan fingerprint density at radius 1 is 0.795 bits per heavy atom. The smallest absolute Gasteiger partial charge is 0.252 e. The molecule has 0 bridgehead atoms. The van der Waals surface area contributed by atoms with E-state index in [1.54, 1.807) is 30.3 Å². The fraction of sp³-hybridized carbons (Fsp3) is 0.182. The van der Waals surface area contributed by atoms with E-state index in [-0.39, 0.29) is 17.6 Å². The minimum absolute atomic E-state index is 0.0526. The fourth-order valence-electron chi connectivity index (χ4n) is 4.93. The molecule has 1 unspecified atom stereocenters. The molecule has 5 rings (SSSR count). The van der Waals surface area contributed by atoms with Crippen LogP contribution in [0, 0.1) is 0 Å². The largest absolute Gasteiger partial charge is 0.340 e. The average Bonchev–Trinajstić information content (AvgIpc) is 3.15. The van der Waals surface area contributed by atoms with Crippen LogP contribution in [-0.2, 0) is 11.3 Å². The molecule has 1 saturated heterocycles. The summed E-state index contributed by atoms with van der Waals surface area (Å²) < 4.78 is 0. The van der Waals surface area contributed by atoms with Crippen molar-refractivity contribution in [2.24, 2.45) is 0 Å². The lowest BCUT2D eigenvalue weighted by Gasteiger charge is -2.25. The molecule has 1 aliphatic rings. The summed E-state index contributed by atoms with van der Waals surface area (Å²) in [6.07, 6.45) is 2.34. The molecule has 1 fully saturated rings. The van der Waals surface area contributed by atoms with Crippen LogP contribution in [0.25, 0.3) is 11.1 Å². The Labute approximate surface area is 233 Å². The van der Waals surface area contributed by atoms with Gasteiger partial charge in [-0.25, -0.2) is 0 Å².